The zero-order valence-corrected chi connectivity index (χ0v) is 31.4. The van der Waals surface area contributed by atoms with Crippen LogP contribution < -0.4 is 0 Å². The number of hydrogen-bond acceptors (Lipinski definition) is 4. The van der Waals surface area contributed by atoms with Gasteiger partial charge in [0, 0.05) is 41.3 Å². The molecule has 2 bridgehead atoms. The molecule has 6 aliphatic rings. The van der Waals surface area contributed by atoms with Crippen LogP contribution in [0.3, 0.4) is 0 Å². The van der Waals surface area contributed by atoms with Gasteiger partial charge in [0.25, 0.3) is 0 Å². The average Bonchev–Trinajstić information content (AvgIpc) is 3.53. The first-order valence-corrected chi connectivity index (χ1v) is 22.6. The van der Waals surface area contributed by atoms with Crippen molar-refractivity contribution in [3.8, 4) is 0 Å². The van der Waals surface area contributed by atoms with E-state index in [1.54, 1.807) is 0 Å². The highest BCUT2D eigenvalue weighted by Gasteiger charge is 2.43. The van der Waals surface area contributed by atoms with Crippen LogP contribution in [0.2, 0.25) is 0 Å². The SMILES string of the molecule is CC1=C/C=C\C=C/C2=CC(=C\C=C1)/SC1C[C@H](C3CCCC3)CC3SC4CCCCCCCCCCCCC4SC3CCC1S2. The molecular formula is C41H60S4. The minimum absolute atomic E-state index is 0.713. The molecule has 0 nitrogen and oxygen atoms in total. The van der Waals surface area contributed by atoms with E-state index in [2.05, 4.69) is 109 Å². The van der Waals surface area contributed by atoms with Crippen molar-refractivity contribution in [2.75, 3.05) is 0 Å². The van der Waals surface area contributed by atoms with Gasteiger partial charge in [-0.1, -0.05) is 132 Å². The number of thioether (sulfide) groups is 4. The molecule has 0 aromatic heterocycles. The van der Waals surface area contributed by atoms with Crippen LogP contribution in [0, 0.1) is 11.8 Å². The Labute approximate surface area is 294 Å². The molecule has 6 rings (SSSR count). The molecule has 0 N–H and O–H groups in total. The molecule has 6 unspecified atom stereocenters. The maximum Gasteiger partial charge on any atom is 0.0220 e. The lowest BCUT2D eigenvalue weighted by Crippen LogP contribution is -2.38. The van der Waals surface area contributed by atoms with Crippen molar-refractivity contribution < 1.29 is 0 Å². The smallest absolute Gasteiger partial charge is 0.0220 e. The Hall–Kier alpha value is -0.160. The fourth-order valence-corrected chi connectivity index (χ4v) is 15.9. The predicted octanol–water partition coefficient (Wildman–Crippen LogP) is 13.6. The maximum atomic E-state index is 2.53. The van der Waals surface area contributed by atoms with Crippen molar-refractivity contribution in [1.29, 1.82) is 0 Å². The van der Waals surface area contributed by atoms with Gasteiger partial charge in [-0.2, -0.15) is 23.5 Å². The van der Waals surface area contributed by atoms with E-state index in [0.717, 1.165) is 38.1 Å². The summed E-state index contributed by atoms with van der Waals surface area (Å²) in [5, 5.41) is 4.97. The van der Waals surface area contributed by atoms with Crippen molar-refractivity contribution in [3.63, 3.8) is 0 Å². The van der Waals surface area contributed by atoms with Crippen LogP contribution in [0.15, 0.2) is 70.1 Å². The summed E-state index contributed by atoms with van der Waals surface area (Å²) in [5.41, 5.74) is 1.31. The van der Waals surface area contributed by atoms with Crippen LogP contribution in [-0.4, -0.2) is 31.5 Å². The van der Waals surface area contributed by atoms with Gasteiger partial charge in [0.1, 0.15) is 0 Å². The Bertz CT molecular complexity index is 1100. The van der Waals surface area contributed by atoms with Crippen molar-refractivity contribution in [3.05, 3.63) is 70.1 Å². The highest BCUT2D eigenvalue weighted by atomic mass is 32.2. The third-order valence-electron chi connectivity index (χ3n) is 11.4. The van der Waals surface area contributed by atoms with Gasteiger partial charge in [-0.15, -0.1) is 23.5 Å². The Morgan fingerprint density at radius 1 is 0.444 bits per heavy atom. The Kier molecular flexibility index (Phi) is 14.3. The zero-order chi connectivity index (χ0) is 30.7. The highest BCUT2D eigenvalue weighted by Crippen LogP contribution is 2.54. The van der Waals surface area contributed by atoms with E-state index < -0.39 is 0 Å². The standard InChI is InChI=1S/C41H60S4/c1-31-18-11-10-12-22-34-30-35(23-17-19-31)43-40-28-33(32-20-15-16-21-32)29-41-39(27-26-38(40)42-34)44-36-24-13-8-6-4-2-3-5-7-9-14-25-37(36)45-41/h10-12,17-19,22-23,30,32-33,36-41H,2-9,13-16,20-21,24-29H2,1H3/b11-10-,12-10?,18-11?,19-17?,22-12-,23-17?,31-18?,31-19?,34-22?,35-23+/t33-,36?,37?,38?,39?,40?,41?/m0/s1. The monoisotopic (exact) mass is 680 g/mol. The largest absolute Gasteiger partial charge is 0.153 e. The number of allylic oxidation sites excluding steroid dienone is 10. The first kappa shape index (κ1) is 34.7. The normalized spacial score (nSPS) is 39.0. The fourth-order valence-electron chi connectivity index (χ4n) is 8.81. The molecule has 3 saturated carbocycles. The Balaban J connectivity index is 1.23. The first-order valence-electron chi connectivity index (χ1n) is 19.0. The number of rotatable bonds is 1. The molecule has 4 heteroatoms. The Morgan fingerprint density at radius 2 is 1.02 bits per heavy atom. The lowest BCUT2D eigenvalue weighted by atomic mass is 9.83. The van der Waals surface area contributed by atoms with Gasteiger partial charge in [0.05, 0.1) is 0 Å². The second kappa shape index (κ2) is 18.6. The minimum Gasteiger partial charge on any atom is -0.153 e. The third kappa shape index (κ3) is 10.7. The summed E-state index contributed by atoms with van der Waals surface area (Å²) >= 11 is 9.51. The lowest BCUT2D eigenvalue weighted by molar-refractivity contribution is 0.296. The highest BCUT2D eigenvalue weighted by molar-refractivity contribution is 8.08. The second-order valence-electron chi connectivity index (χ2n) is 14.8. The zero-order valence-electron chi connectivity index (χ0n) is 28.1. The summed E-state index contributed by atoms with van der Waals surface area (Å²) in [7, 11) is 0. The van der Waals surface area contributed by atoms with Gasteiger partial charge in [-0.25, -0.2) is 0 Å². The molecule has 2 heterocycles. The van der Waals surface area contributed by atoms with E-state index in [0.29, 0.717) is 5.25 Å². The van der Waals surface area contributed by atoms with Crippen molar-refractivity contribution in [1.82, 2.24) is 0 Å². The summed E-state index contributed by atoms with van der Waals surface area (Å²) < 4.78 is 0. The van der Waals surface area contributed by atoms with E-state index in [1.165, 1.54) is 144 Å². The first-order chi connectivity index (χ1) is 22.2. The summed E-state index contributed by atoms with van der Waals surface area (Å²) in [5.74, 6) is 1.88. The molecule has 0 radical (unpaired) electrons. The maximum absolute atomic E-state index is 2.53. The molecule has 0 aromatic rings. The summed E-state index contributed by atoms with van der Waals surface area (Å²) in [6.07, 6.45) is 50.2. The van der Waals surface area contributed by atoms with E-state index in [4.69, 9.17) is 0 Å². The number of hydrogen-bond donors (Lipinski definition) is 0. The quantitative estimate of drug-likeness (QED) is 0.270. The van der Waals surface area contributed by atoms with Crippen LogP contribution in [0.4, 0.5) is 0 Å². The molecule has 4 fully saturated rings. The molecule has 45 heavy (non-hydrogen) atoms. The van der Waals surface area contributed by atoms with Crippen molar-refractivity contribution in [2.45, 2.75) is 167 Å². The summed E-state index contributed by atoms with van der Waals surface area (Å²) in [6.45, 7) is 2.20. The van der Waals surface area contributed by atoms with E-state index >= 15 is 0 Å². The number of fused-ring (bicyclic) bond motifs is 4. The second-order valence-corrected chi connectivity index (χ2v) is 20.4. The van der Waals surface area contributed by atoms with Gasteiger partial charge in [-0.3, -0.25) is 0 Å². The molecule has 248 valence electrons. The van der Waals surface area contributed by atoms with E-state index in [9.17, 15) is 0 Å². The van der Waals surface area contributed by atoms with Crippen molar-refractivity contribution in [2.24, 2.45) is 11.8 Å². The van der Waals surface area contributed by atoms with Gasteiger partial charge in [-0.05, 0) is 75.5 Å². The van der Waals surface area contributed by atoms with E-state index in [-0.39, 0.29) is 0 Å². The Morgan fingerprint density at radius 3 is 1.76 bits per heavy atom. The molecular weight excluding hydrogens is 621 g/mol. The molecule has 0 amide bonds. The molecule has 4 aliphatic carbocycles. The van der Waals surface area contributed by atoms with Crippen LogP contribution in [0.25, 0.3) is 0 Å². The van der Waals surface area contributed by atoms with Crippen molar-refractivity contribution >= 4 is 47.0 Å². The van der Waals surface area contributed by atoms with Gasteiger partial charge >= 0.3 is 0 Å². The summed E-state index contributed by atoms with van der Waals surface area (Å²) in [4.78, 5) is 2.93. The molecule has 0 aromatic carbocycles. The minimum atomic E-state index is 0.713. The van der Waals surface area contributed by atoms with Gasteiger partial charge in [0.15, 0.2) is 0 Å². The van der Waals surface area contributed by atoms with Crippen LogP contribution in [0.1, 0.15) is 135 Å². The van der Waals surface area contributed by atoms with E-state index in [1.807, 2.05) is 0 Å². The average molecular weight is 681 g/mol. The van der Waals surface area contributed by atoms with Gasteiger partial charge < -0.3 is 0 Å². The lowest BCUT2D eigenvalue weighted by Gasteiger charge is -2.43. The van der Waals surface area contributed by atoms with Crippen LogP contribution in [0.5, 0.6) is 0 Å². The fraction of sp³-hybridized carbons (Fsp3) is 0.707. The molecule has 7 atom stereocenters. The third-order valence-corrected chi connectivity index (χ3v) is 18.2. The van der Waals surface area contributed by atoms with Crippen LogP contribution in [-0.2, 0) is 0 Å². The summed E-state index contributed by atoms with van der Waals surface area (Å²) in [6, 6.07) is 0. The van der Waals surface area contributed by atoms with Gasteiger partial charge in [0.2, 0.25) is 0 Å². The molecule has 0 spiro atoms. The molecule has 1 saturated heterocycles. The molecule has 2 aliphatic heterocycles. The topological polar surface area (TPSA) is 0 Å². The predicted molar refractivity (Wildman–Crippen MR) is 210 cm³/mol. The van der Waals surface area contributed by atoms with Crippen LogP contribution >= 0.6 is 47.0 Å².